The Hall–Kier alpha value is -7.77. The number of alkyl carbamates (subject to hydrolysis) is 1. The highest BCUT2D eigenvalue weighted by atomic mass is 16.7. The fourth-order valence-corrected chi connectivity index (χ4v) is 6.30. The molecule has 69 heavy (non-hydrogen) atoms. The summed E-state index contributed by atoms with van der Waals surface area (Å²) in [4.78, 5) is 126. The number of hydrogen-bond acceptors (Lipinski definition) is 20. The monoisotopic (exact) mass is 976 g/mol. The number of benzene rings is 2. The third kappa shape index (κ3) is 18.1. The number of amides is 5. The first-order valence-electron chi connectivity index (χ1n) is 21.1. The second kappa shape index (κ2) is 25.4. The van der Waals surface area contributed by atoms with Crippen molar-refractivity contribution >= 4 is 65.3 Å². The first-order chi connectivity index (χ1) is 32.3. The number of rotatable bonds is 20. The topological polar surface area (TPSA) is 354 Å². The number of anilines is 1. The molecule has 5 amide bonds. The summed E-state index contributed by atoms with van der Waals surface area (Å²) >= 11 is 0. The summed E-state index contributed by atoms with van der Waals surface area (Å²) in [7, 11) is 0.977. The van der Waals surface area contributed by atoms with Gasteiger partial charge >= 0.3 is 42.2 Å². The number of urea groups is 1. The molecule has 2 aromatic rings. The van der Waals surface area contributed by atoms with Crippen LogP contribution < -0.4 is 36.5 Å². The number of nitrogens with two attached hydrogens (primary N) is 1. The number of hydrogen-bond donors (Lipinski definition) is 5. The Morgan fingerprint density at radius 3 is 2.00 bits per heavy atom. The van der Waals surface area contributed by atoms with Crippen molar-refractivity contribution in [2.45, 2.75) is 123 Å². The van der Waals surface area contributed by atoms with Gasteiger partial charge in [0.15, 0.2) is 18.3 Å². The van der Waals surface area contributed by atoms with Gasteiger partial charge in [-0.3, -0.25) is 34.1 Å². The van der Waals surface area contributed by atoms with Crippen LogP contribution in [-0.4, -0.2) is 121 Å². The summed E-state index contributed by atoms with van der Waals surface area (Å²) in [5.41, 5.74) is 3.95. The van der Waals surface area contributed by atoms with E-state index in [9.17, 15) is 53.3 Å². The van der Waals surface area contributed by atoms with Gasteiger partial charge in [0.1, 0.15) is 35.8 Å². The van der Waals surface area contributed by atoms with Crippen LogP contribution in [0.1, 0.15) is 73.8 Å². The van der Waals surface area contributed by atoms with Gasteiger partial charge < -0.3 is 69.6 Å². The minimum absolute atomic E-state index is 0.0236. The van der Waals surface area contributed by atoms with Gasteiger partial charge in [-0.2, -0.15) is 0 Å². The molecule has 26 nitrogen and oxygen atoms in total. The molecule has 26 heteroatoms. The van der Waals surface area contributed by atoms with Crippen molar-refractivity contribution in [1.82, 2.24) is 16.0 Å². The number of carbonyl (C=O) groups excluding carboxylic acids is 9. The lowest BCUT2D eigenvalue weighted by atomic mass is 9.97. The molecule has 1 aliphatic rings. The molecule has 0 aliphatic carbocycles. The molecule has 1 aliphatic heterocycles. The maximum absolute atomic E-state index is 14.3. The number of non-ortho nitro benzene ring substituents is 1. The van der Waals surface area contributed by atoms with Crippen LogP contribution in [0.5, 0.6) is 11.5 Å². The van der Waals surface area contributed by atoms with Crippen molar-refractivity contribution in [3.05, 3.63) is 58.1 Å². The molecule has 6 N–H and O–H groups in total. The van der Waals surface area contributed by atoms with E-state index in [-0.39, 0.29) is 47.8 Å². The van der Waals surface area contributed by atoms with Crippen molar-refractivity contribution in [2.75, 3.05) is 19.0 Å². The highest BCUT2D eigenvalue weighted by molar-refractivity contribution is 5.99. The summed E-state index contributed by atoms with van der Waals surface area (Å²) in [6, 6.07) is 4.86. The molecule has 1 fully saturated rings. The Morgan fingerprint density at radius 2 is 1.45 bits per heavy atom. The highest BCUT2D eigenvalue weighted by Crippen LogP contribution is 2.35. The van der Waals surface area contributed by atoms with Gasteiger partial charge in [0.25, 0.3) is 5.69 Å². The second-order valence-corrected chi connectivity index (χ2v) is 16.4. The maximum atomic E-state index is 14.3. The van der Waals surface area contributed by atoms with Gasteiger partial charge in [-0.05, 0) is 69.4 Å². The predicted octanol–water partition coefficient (Wildman–Crippen LogP) is 2.80. The lowest BCUT2D eigenvalue weighted by Crippen LogP contribution is -2.64. The van der Waals surface area contributed by atoms with E-state index in [4.69, 9.17) is 48.4 Å². The van der Waals surface area contributed by atoms with Gasteiger partial charge in [-0.15, -0.1) is 0 Å². The Labute approximate surface area is 394 Å². The van der Waals surface area contributed by atoms with Crippen LogP contribution in [-0.2, 0) is 68.5 Å². The third-order valence-electron chi connectivity index (χ3n) is 9.21. The average Bonchev–Trinajstić information content (AvgIpc) is 3.24. The van der Waals surface area contributed by atoms with Crippen molar-refractivity contribution in [1.29, 1.82) is 0 Å². The molecule has 2 aromatic carbocycles. The number of ether oxygens (including phenoxy) is 9. The molecule has 0 bridgehead atoms. The van der Waals surface area contributed by atoms with Crippen molar-refractivity contribution in [3.63, 3.8) is 0 Å². The Bertz CT molecular complexity index is 2210. The van der Waals surface area contributed by atoms with Gasteiger partial charge in [-0.25, -0.2) is 19.2 Å². The van der Waals surface area contributed by atoms with E-state index in [0.717, 1.165) is 52.1 Å². The smallest absolute Gasteiger partial charge is 0.467 e. The number of primary amides is 1. The van der Waals surface area contributed by atoms with Crippen LogP contribution in [0.25, 0.3) is 0 Å². The van der Waals surface area contributed by atoms with E-state index >= 15 is 0 Å². The Balaban J connectivity index is 2.11. The lowest BCUT2D eigenvalue weighted by molar-refractivity contribution is -0.384. The van der Waals surface area contributed by atoms with Crippen LogP contribution in [0.3, 0.4) is 0 Å². The molecule has 1 saturated heterocycles. The zero-order valence-corrected chi connectivity index (χ0v) is 39.2. The third-order valence-corrected chi connectivity index (χ3v) is 9.21. The molecular weight excluding hydrogens is 920 g/mol. The van der Waals surface area contributed by atoms with E-state index in [2.05, 4.69) is 21.3 Å². The Kier molecular flexibility index (Phi) is 20.4. The van der Waals surface area contributed by atoms with Crippen LogP contribution in [0.4, 0.5) is 25.8 Å². The van der Waals surface area contributed by atoms with E-state index in [1.165, 1.54) is 18.2 Å². The SMILES string of the molecule is COC(=O)[C@H]1O[C@@H](Oc2cc(COC(=O)Oc3ccc([N+](=O)[O-])cc3)ccc2NC(=O)[C@H](CCCNC(N)=O)NC(=O)[C@@H](NC(=O)OC(C)(C)C)C(C)C)[C@H](OC(C)=O)[C@@H](OC(C)=O)[C@@H]1OC(C)=O. The fourth-order valence-electron chi connectivity index (χ4n) is 6.30. The summed E-state index contributed by atoms with van der Waals surface area (Å²) in [6.07, 6.45) is -11.4. The largest absolute Gasteiger partial charge is 0.514 e. The molecule has 0 aromatic heterocycles. The van der Waals surface area contributed by atoms with Gasteiger partial charge in [-0.1, -0.05) is 19.9 Å². The van der Waals surface area contributed by atoms with E-state index in [0.29, 0.717) is 0 Å². The molecule has 7 atom stereocenters. The van der Waals surface area contributed by atoms with Crippen LogP contribution in [0, 0.1) is 16.0 Å². The first kappa shape index (κ1) is 55.6. The van der Waals surface area contributed by atoms with E-state index in [1.54, 1.807) is 34.6 Å². The Morgan fingerprint density at radius 1 is 0.841 bits per heavy atom. The molecule has 0 radical (unpaired) electrons. The van der Waals surface area contributed by atoms with Crippen molar-refractivity contribution < 1.29 is 90.7 Å². The fraction of sp³-hybridized carbons (Fsp3) is 0.512. The van der Waals surface area contributed by atoms with Crippen LogP contribution in [0.2, 0.25) is 0 Å². The van der Waals surface area contributed by atoms with Crippen LogP contribution in [0.15, 0.2) is 42.5 Å². The summed E-state index contributed by atoms with van der Waals surface area (Å²) in [6.45, 7) is 10.5. The normalized spacial score (nSPS) is 18.4. The molecule has 0 saturated carbocycles. The predicted molar refractivity (Wildman–Crippen MR) is 234 cm³/mol. The molecule has 0 spiro atoms. The molecule has 378 valence electrons. The number of nitro benzene ring substituents is 1. The number of carbonyl (C=O) groups is 9. The minimum Gasteiger partial charge on any atom is -0.467 e. The first-order valence-corrected chi connectivity index (χ1v) is 21.1. The number of methoxy groups -OCH3 is 1. The second-order valence-electron chi connectivity index (χ2n) is 16.4. The maximum Gasteiger partial charge on any atom is 0.514 e. The zero-order valence-electron chi connectivity index (χ0n) is 39.2. The number of nitro groups is 1. The van der Waals surface area contributed by atoms with Crippen molar-refractivity contribution in [3.8, 4) is 11.5 Å². The lowest BCUT2D eigenvalue weighted by Gasteiger charge is -2.43. The number of esters is 4. The van der Waals surface area contributed by atoms with Crippen molar-refractivity contribution in [2.24, 2.45) is 11.7 Å². The molecule has 1 heterocycles. The minimum atomic E-state index is -1.95. The average molecular weight is 977 g/mol. The summed E-state index contributed by atoms with van der Waals surface area (Å²) in [5, 5.41) is 21.1. The molecule has 3 rings (SSSR count). The van der Waals surface area contributed by atoms with Gasteiger partial charge in [0.2, 0.25) is 24.2 Å². The summed E-state index contributed by atoms with van der Waals surface area (Å²) < 4.78 is 48.9. The summed E-state index contributed by atoms with van der Waals surface area (Å²) in [5.74, 6) is -6.76. The quantitative estimate of drug-likeness (QED) is 0.0318. The number of nitrogens with one attached hydrogen (secondary N) is 4. The van der Waals surface area contributed by atoms with Gasteiger partial charge in [0.05, 0.1) is 17.7 Å². The van der Waals surface area contributed by atoms with Gasteiger partial charge in [0, 0.05) is 39.4 Å². The highest BCUT2D eigenvalue weighted by Gasteiger charge is 2.56. The zero-order chi connectivity index (χ0) is 51.7. The molecular formula is C43H56N6O20. The van der Waals surface area contributed by atoms with E-state index in [1.807, 2.05) is 0 Å². The van der Waals surface area contributed by atoms with E-state index < -0.39 is 120 Å². The number of nitrogens with zero attached hydrogens (tertiary/aromatic N) is 1. The molecule has 0 unspecified atom stereocenters. The standard InChI is InChI=1S/C43H56N6O20/c1-21(2)31(48-41(57)69-43(6,7)8)37(54)47-29(11-10-18-45-40(44)56)36(53)46-28-17-12-25(20-62-42(58)66-27-15-13-26(14-16-27)49(59)60)19-30(28)67-39-35(65-24(5)52)33(64-23(4)51)32(63-22(3)50)34(68-39)38(55)61-9/h12-17,19,21,29,31-35,39H,10-11,18,20H2,1-9H3,(H,46,53)(H,47,54)(H,48,57)(H3,44,45,56)/t29-,31-,32-,33-,34-,35+,39+/m0/s1. The van der Waals surface area contributed by atoms with Crippen LogP contribution >= 0.6 is 0 Å².